The molecule has 0 spiro atoms. The Labute approximate surface area is 67.7 Å². The van der Waals surface area contributed by atoms with Gasteiger partial charge in [0.25, 0.3) is 0 Å². The summed E-state index contributed by atoms with van der Waals surface area (Å²) < 4.78 is 0. The van der Waals surface area contributed by atoms with Gasteiger partial charge in [-0.2, -0.15) is 0 Å². The quantitative estimate of drug-likeness (QED) is 0.596. The Morgan fingerprint density at radius 3 is 2.64 bits per heavy atom. The molecular formula is C8H15N3. The lowest BCUT2D eigenvalue weighted by molar-refractivity contribution is 0.0913. The second-order valence-electron chi connectivity index (χ2n) is 2.97. The Morgan fingerprint density at radius 1 is 1.55 bits per heavy atom. The van der Waals surface area contributed by atoms with E-state index >= 15 is 0 Å². The highest BCUT2D eigenvalue weighted by Crippen LogP contribution is 2.10. The molecule has 0 aromatic rings. The minimum Gasteiger partial charge on any atom is -0.400 e. The van der Waals surface area contributed by atoms with Gasteiger partial charge in [0.15, 0.2) is 0 Å². The summed E-state index contributed by atoms with van der Waals surface area (Å²) in [5.74, 6) is 0. The van der Waals surface area contributed by atoms with Gasteiger partial charge in [0.2, 0.25) is 0 Å². The van der Waals surface area contributed by atoms with Gasteiger partial charge in [0.05, 0.1) is 6.54 Å². The van der Waals surface area contributed by atoms with E-state index in [-0.39, 0.29) is 0 Å². The second kappa shape index (κ2) is 2.96. The number of hydrazine groups is 1. The normalized spacial score (nSPS) is 18.4. The van der Waals surface area contributed by atoms with Crippen LogP contribution in [-0.4, -0.2) is 30.7 Å². The number of rotatable bonds is 1. The number of hydrogen-bond acceptors (Lipinski definition) is 3. The van der Waals surface area contributed by atoms with Crippen LogP contribution in [0.25, 0.3) is 0 Å². The average Bonchev–Trinajstić information content (AvgIpc) is 1.94. The Morgan fingerprint density at radius 2 is 2.18 bits per heavy atom. The summed E-state index contributed by atoms with van der Waals surface area (Å²) in [7, 11) is 4.00. The van der Waals surface area contributed by atoms with E-state index in [2.05, 4.69) is 5.01 Å². The molecule has 0 unspecified atom stereocenters. The number of hydrogen-bond donors (Lipinski definition) is 1. The van der Waals surface area contributed by atoms with Gasteiger partial charge in [0, 0.05) is 26.0 Å². The third-order valence-electron chi connectivity index (χ3n) is 1.85. The molecule has 1 rings (SSSR count). The maximum absolute atomic E-state index is 5.77. The molecule has 3 heteroatoms. The summed E-state index contributed by atoms with van der Waals surface area (Å²) in [5, 5.41) is 4.07. The number of nitrogens with zero attached hydrogens (tertiary/aromatic N) is 2. The molecule has 0 fully saturated rings. The van der Waals surface area contributed by atoms with Crippen molar-refractivity contribution >= 4 is 0 Å². The van der Waals surface area contributed by atoms with Gasteiger partial charge in [-0.15, -0.1) is 0 Å². The lowest BCUT2D eigenvalue weighted by Gasteiger charge is -2.30. The molecule has 11 heavy (non-hydrogen) atoms. The fraction of sp³-hybridized carbons (Fsp3) is 0.500. The standard InChI is InChI=1S/C8H15N3/c1-7-4-5-11(10(2)3)6-8(7)9/h4-5H,6,9H2,1-3H3. The van der Waals surface area contributed by atoms with Crippen LogP contribution in [0.15, 0.2) is 23.5 Å². The van der Waals surface area contributed by atoms with Crippen molar-refractivity contribution in [2.75, 3.05) is 20.6 Å². The predicted molar refractivity (Wildman–Crippen MR) is 46.4 cm³/mol. The molecule has 2 N–H and O–H groups in total. The Balaban J connectivity index is 2.67. The van der Waals surface area contributed by atoms with E-state index in [0.29, 0.717) is 0 Å². The third-order valence-corrected chi connectivity index (χ3v) is 1.85. The molecule has 0 saturated heterocycles. The molecule has 0 radical (unpaired) electrons. The van der Waals surface area contributed by atoms with E-state index in [1.54, 1.807) is 0 Å². The van der Waals surface area contributed by atoms with Crippen LogP contribution in [0.4, 0.5) is 0 Å². The molecule has 0 atom stereocenters. The Hall–Kier alpha value is -0.960. The first-order valence-electron chi connectivity index (χ1n) is 3.68. The lowest BCUT2D eigenvalue weighted by Crippen LogP contribution is -2.37. The molecule has 1 aliphatic heterocycles. The average molecular weight is 153 g/mol. The lowest BCUT2D eigenvalue weighted by atomic mass is 10.2. The molecule has 0 saturated carbocycles. The Kier molecular flexibility index (Phi) is 2.19. The van der Waals surface area contributed by atoms with Crippen LogP contribution in [0, 0.1) is 0 Å². The van der Waals surface area contributed by atoms with Gasteiger partial charge in [-0.1, -0.05) is 0 Å². The molecule has 3 nitrogen and oxygen atoms in total. The van der Waals surface area contributed by atoms with Crippen molar-refractivity contribution in [1.29, 1.82) is 0 Å². The van der Waals surface area contributed by atoms with Gasteiger partial charge in [-0.25, -0.2) is 5.01 Å². The second-order valence-corrected chi connectivity index (χ2v) is 2.97. The predicted octanol–water partition coefficient (Wildman–Crippen LogP) is 0.525. The Bertz CT molecular complexity index is 203. The molecular weight excluding hydrogens is 138 g/mol. The van der Waals surface area contributed by atoms with Crippen molar-refractivity contribution in [2.45, 2.75) is 6.92 Å². The molecule has 62 valence electrons. The maximum atomic E-state index is 5.77. The monoisotopic (exact) mass is 153 g/mol. The highest BCUT2D eigenvalue weighted by atomic mass is 15.6. The zero-order valence-corrected chi connectivity index (χ0v) is 7.33. The van der Waals surface area contributed by atoms with Crippen molar-refractivity contribution in [3.05, 3.63) is 23.5 Å². The van der Waals surface area contributed by atoms with Crippen molar-refractivity contribution in [3.63, 3.8) is 0 Å². The van der Waals surface area contributed by atoms with Crippen LogP contribution >= 0.6 is 0 Å². The maximum Gasteiger partial charge on any atom is 0.0737 e. The highest BCUT2D eigenvalue weighted by Gasteiger charge is 2.08. The molecule has 1 aliphatic rings. The van der Waals surface area contributed by atoms with Crippen molar-refractivity contribution < 1.29 is 0 Å². The number of nitrogens with two attached hydrogens (primary N) is 1. The molecule has 1 heterocycles. The summed E-state index contributed by atoms with van der Waals surface area (Å²) in [6.45, 7) is 2.83. The van der Waals surface area contributed by atoms with Crippen LogP contribution in [0.5, 0.6) is 0 Å². The zero-order valence-electron chi connectivity index (χ0n) is 7.33. The van der Waals surface area contributed by atoms with Crippen LogP contribution in [0.1, 0.15) is 6.92 Å². The van der Waals surface area contributed by atoms with E-state index in [0.717, 1.165) is 12.2 Å². The van der Waals surface area contributed by atoms with E-state index in [1.807, 2.05) is 38.3 Å². The molecule has 0 aliphatic carbocycles. The van der Waals surface area contributed by atoms with Crippen molar-refractivity contribution in [3.8, 4) is 0 Å². The SMILES string of the molecule is CC1=C(N)CN(N(C)C)C=C1. The van der Waals surface area contributed by atoms with Crippen LogP contribution in [-0.2, 0) is 0 Å². The first-order chi connectivity index (χ1) is 5.11. The molecule has 0 bridgehead atoms. The molecule has 0 aromatic heterocycles. The van der Waals surface area contributed by atoms with E-state index in [4.69, 9.17) is 5.73 Å². The van der Waals surface area contributed by atoms with Crippen LogP contribution < -0.4 is 5.73 Å². The van der Waals surface area contributed by atoms with Crippen molar-refractivity contribution in [2.24, 2.45) is 5.73 Å². The summed E-state index contributed by atoms with van der Waals surface area (Å²) in [4.78, 5) is 0. The molecule has 0 amide bonds. The van der Waals surface area contributed by atoms with Crippen LogP contribution in [0.2, 0.25) is 0 Å². The summed E-state index contributed by atoms with van der Waals surface area (Å²) in [6.07, 6.45) is 4.06. The van der Waals surface area contributed by atoms with Gasteiger partial charge in [-0.3, -0.25) is 0 Å². The summed E-state index contributed by atoms with van der Waals surface area (Å²) in [5.41, 5.74) is 7.88. The fourth-order valence-electron chi connectivity index (χ4n) is 0.932. The van der Waals surface area contributed by atoms with Crippen molar-refractivity contribution in [1.82, 2.24) is 10.0 Å². The van der Waals surface area contributed by atoms with Gasteiger partial charge in [-0.05, 0) is 18.6 Å². The highest BCUT2D eigenvalue weighted by molar-refractivity contribution is 5.25. The molecule has 0 aromatic carbocycles. The summed E-state index contributed by atoms with van der Waals surface area (Å²) in [6, 6.07) is 0. The number of allylic oxidation sites excluding steroid dienone is 2. The fourth-order valence-corrected chi connectivity index (χ4v) is 0.932. The van der Waals surface area contributed by atoms with E-state index in [9.17, 15) is 0 Å². The largest absolute Gasteiger partial charge is 0.400 e. The summed E-state index contributed by atoms with van der Waals surface area (Å²) >= 11 is 0. The smallest absolute Gasteiger partial charge is 0.0737 e. The minimum atomic E-state index is 0.801. The topological polar surface area (TPSA) is 32.5 Å². The minimum absolute atomic E-state index is 0.801. The first kappa shape index (κ1) is 8.14. The zero-order chi connectivity index (χ0) is 8.43. The van der Waals surface area contributed by atoms with E-state index < -0.39 is 0 Å². The first-order valence-corrected chi connectivity index (χ1v) is 3.68. The van der Waals surface area contributed by atoms with Gasteiger partial charge in [0.1, 0.15) is 0 Å². The van der Waals surface area contributed by atoms with Gasteiger partial charge >= 0.3 is 0 Å². The third kappa shape index (κ3) is 1.74. The van der Waals surface area contributed by atoms with Gasteiger partial charge < -0.3 is 10.7 Å². The van der Waals surface area contributed by atoms with E-state index in [1.165, 1.54) is 5.57 Å². The van der Waals surface area contributed by atoms with Crippen LogP contribution in [0.3, 0.4) is 0 Å².